The van der Waals surface area contributed by atoms with Crippen molar-refractivity contribution < 1.29 is 18.0 Å². The van der Waals surface area contributed by atoms with Gasteiger partial charge in [-0.2, -0.15) is 4.31 Å². The van der Waals surface area contributed by atoms with Gasteiger partial charge in [0, 0.05) is 45.3 Å². The largest absolute Gasteiger partial charge is 0.352 e. The Balaban J connectivity index is 1.37. The summed E-state index contributed by atoms with van der Waals surface area (Å²) in [5.74, 6) is -0.182. The van der Waals surface area contributed by atoms with Crippen molar-refractivity contribution in [1.82, 2.24) is 19.4 Å². The van der Waals surface area contributed by atoms with E-state index in [-0.39, 0.29) is 16.7 Å². The summed E-state index contributed by atoms with van der Waals surface area (Å²) in [6.07, 6.45) is 4.91. The van der Waals surface area contributed by atoms with Gasteiger partial charge in [-0.15, -0.1) is 11.3 Å². The van der Waals surface area contributed by atoms with Crippen LogP contribution in [0.1, 0.15) is 41.8 Å². The predicted octanol–water partition coefficient (Wildman–Crippen LogP) is 0.959. The summed E-state index contributed by atoms with van der Waals surface area (Å²) in [4.78, 5) is 29.2. The summed E-state index contributed by atoms with van der Waals surface area (Å²) >= 11 is 1.19. The molecule has 3 aliphatic rings. The van der Waals surface area contributed by atoms with E-state index in [1.807, 2.05) is 4.90 Å². The molecule has 0 bridgehead atoms. The average molecular weight is 441 g/mol. The minimum Gasteiger partial charge on any atom is -0.352 e. The maximum absolute atomic E-state index is 13.0. The highest BCUT2D eigenvalue weighted by Crippen LogP contribution is 2.28. The number of piperidine rings is 1. The molecular weight excluding hydrogens is 412 g/mol. The molecule has 1 saturated carbocycles. The van der Waals surface area contributed by atoms with Gasteiger partial charge in [-0.1, -0.05) is 6.42 Å². The summed E-state index contributed by atoms with van der Waals surface area (Å²) < 4.78 is 27.6. The highest BCUT2D eigenvalue weighted by molar-refractivity contribution is 7.89. The number of amides is 2. The van der Waals surface area contributed by atoms with E-state index >= 15 is 0 Å². The monoisotopic (exact) mass is 440 g/mol. The summed E-state index contributed by atoms with van der Waals surface area (Å²) in [6, 6.07) is 1.91. The molecule has 3 heterocycles. The third-order valence-corrected chi connectivity index (χ3v) is 8.70. The van der Waals surface area contributed by atoms with Crippen LogP contribution in [0.15, 0.2) is 16.3 Å². The molecule has 0 atom stereocenters. The van der Waals surface area contributed by atoms with Gasteiger partial charge in [-0.25, -0.2) is 8.42 Å². The lowest BCUT2D eigenvalue weighted by Gasteiger charge is -2.34. The van der Waals surface area contributed by atoms with E-state index in [1.165, 1.54) is 15.6 Å². The zero-order valence-corrected chi connectivity index (χ0v) is 18.1. The van der Waals surface area contributed by atoms with Crippen LogP contribution in [0.4, 0.5) is 0 Å². The van der Waals surface area contributed by atoms with Crippen LogP contribution in [0, 0.1) is 0 Å². The minimum absolute atomic E-state index is 0.0421. The molecule has 8 nitrogen and oxygen atoms in total. The third kappa shape index (κ3) is 4.82. The van der Waals surface area contributed by atoms with Gasteiger partial charge in [0.05, 0.1) is 6.54 Å². The molecular formula is C19H28N4O4S2. The van der Waals surface area contributed by atoms with E-state index in [0.29, 0.717) is 56.7 Å². The fourth-order valence-electron chi connectivity index (χ4n) is 3.86. The average Bonchev–Trinajstić information content (AvgIpc) is 3.39. The topological polar surface area (TPSA) is 90.0 Å². The quantitative estimate of drug-likeness (QED) is 0.712. The number of sulfonamides is 1. The van der Waals surface area contributed by atoms with Crippen molar-refractivity contribution in [2.75, 3.05) is 45.8 Å². The Morgan fingerprint density at radius 1 is 1.03 bits per heavy atom. The molecule has 29 heavy (non-hydrogen) atoms. The van der Waals surface area contributed by atoms with Crippen molar-refractivity contribution in [3.63, 3.8) is 0 Å². The molecule has 1 aromatic rings. The Hall–Kier alpha value is -1.49. The molecule has 4 rings (SSSR count). The van der Waals surface area contributed by atoms with E-state index in [2.05, 4.69) is 5.32 Å². The third-order valence-electron chi connectivity index (χ3n) is 5.73. The SMILES string of the molecule is O=C(CN1CCN(C(=O)c2sccc2S(=O)(=O)N2CCCCC2)CC1)NC1CC1. The summed E-state index contributed by atoms with van der Waals surface area (Å²) in [5.41, 5.74) is 0. The van der Waals surface area contributed by atoms with Crippen molar-refractivity contribution in [3.05, 3.63) is 16.3 Å². The predicted molar refractivity (Wildman–Crippen MR) is 110 cm³/mol. The van der Waals surface area contributed by atoms with Crippen LogP contribution >= 0.6 is 11.3 Å². The van der Waals surface area contributed by atoms with E-state index in [4.69, 9.17) is 0 Å². The van der Waals surface area contributed by atoms with Crippen molar-refractivity contribution in [2.24, 2.45) is 0 Å². The number of carbonyl (C=O) groups is 2. The molecule has 2 amide bonds. The first-order valence-corrected chi connectivity index (χ1v) is 12.7. The lowest BCUT2D eigenvalue weighted by molar-refractivity contribution is -0.122. The molecule has 2 saturated heterocycles. The zero-order chi connectivity index (χ0) is 20.4. The fourth-order valence-corrected chi connectivity index (χ4v) is 6.74. The van der Waals surface area contributed by atoms with Crippen LogP contribution < -0.4 is 5.32 Å². The molecule has 10 heteroatoms. The van der Waals surface area contributed by atoms with E-state index < -0.39 is 10.0 Å². The van der Waals surface area contributed by atoms with Crippen LogP contribution in [0.25, 0.3) is 0 Å². The van der Waals surface area contributed by atoms with Crippen LogP contribution in [0.5, 0.6) is 0 Å². The Bertz CT molecular complexity index is 851. The van der Waals surface area contributed by atoms with Gasteiger partial charge >= 0.3 is 0 Å². The number of piperazine rings is 1. The molecule has 160 valence electrons. The van der Waals surface area contributed by atoms with Crippen molar-refractivity contribution in [1.29, 1.82) is 0 Å². The maximum atomic E-state index is 13.0. The molecule has 0 spiro atoms. The normalized spacial score (nSPS) is 21.9. The van der Waals surface area contributed by atoms with Gasteiger partial charge in [0.1, 0.15) is 9.77 Å². The molecule has 1 N–H and O–H groups in total. The molecule has 0 radical (unpaired) electrons. The van der Waals surface area contributed by atoms with Gasteiger partial charge in [0.15, 0.2) is 0 Å². The summed E-state index contributed by atoms with van der Waals surface area (Å²) in [7, 11) is -3.63. The van der Waals surface area contributed by atoms with E-state index in [1.54, 1.807) is 16.3 Å². The maximum Gasteiger partial charge on any atom is 0.265 e. The molecule has 0 aromatic carbocycles. The molecule has 3 fully saturated rings. The van der Waals surface area contributed by atoms with Gasteiger partial charge in [0.25, 0.3) is 5.91 Å². The first-order chi connectivity index (χ1) is 13.9. The second-order valence-corrected chi connectivity index (χ2v) is 10.8. The Morgan fingerprint density at radius 2 is 1.72 bits per heavy atom. The Labute approximate surface area is 175 Å². The molecule has 2 aliphatic heterocycles. The minimum atomic E-state index is -3.63. The number of nitrogens with one attached hydrogen (secondary N) is 1. The van der Waals surface area contributed by atoms with Gasteiger partial charge < -0.3 is 10.2 Å². The fraction of sp³-hybridized carbons (Fsp3) is 0.684. The number of nitrogens with zero attached hydrogens (tertiary/aromatic N) is 3. The standard InChI is InChI=1S/C19H28N4O4S2/c24-17(20-15-4-5-15)14-21-9-11-22(12-10-21)19(25)18-16(6-13-28-18)29(26,27)23-7-2-1-3-8-23/h6,13,15H,1-5,7-12,14H2,(H,20,24). The van der Waals surface area contributed by atoms with Gasteiger partial charge in [0.2, 0.25) is 15.9 Å². The van der Waals surface area contributed by atoms with Gasteiger partial charge in [-0.05, 0) is 37.1 Å². The Kier molecular flexibility index (Phi) is 6.24. The van der Waals surface area contributed by atoms with E-state index in [9.17, 15) is 18.0 Å². The summed E-state index contributed by atoms with van der Waals surface area (Å²) in [6.45, 7) is 3.62. The number of carbonyl (C=O) groups excluding carboxylic acids is 2. The number of hydrogen-bond acceptors (Lipinski definition) is 6. The molecule has 0 unspecified atom stereocenters. The Morgan fingerprint density at radius 3 is 2.38 bits per heavy atom. The second-order valence-electron chi connectivity index (χ2n) is 7.99. The zero-order valence-electron chi connectivity index (χ0n) is 16.5. The van der Waals surface area contributed by atoms with Crippen molar-refractivity contribution >= 4 is 33.2 Å². The van der Waals surface area contributed by atoms with Crippen LogP contribution in [0.2, 0.25) is 0 Å². The van der Waals surface area contributed by atoms with Crippen LogP contribution in [0.3, 0.4) is 0 Å². The van der Waals surface area contributed by atoms with E-state index in [0.717, 1.165) is 32.1 Å². The lowest BCUT2D eigenvalue weighted by atomic mass is 10.2. The molecule has 1 aliphatic carbocycles. The van der Waals surface area contributed by atoms with Crippen molar-refractivity contribution in [3.8, 4) is 0 Å². The summed E-state index contributed by atoms with van der Waals surface area (Å²) in [5, 5.41) is 4.66. The van der Waals surface area contributed by atoms with Crippen LogP contribution in [-0.4, -0.2) is 86.2 Å². The highest BCUT2D eigenvalue weighted by atomic mass is 32.2. The van der Waals surface area contributed by atoms with Crippen molar-refractivity contribution in [2.45, 2.75) is 43.0 Å². The van der Waals surface area contributed by atoms with Crippen LogP contribution in [-0.2, 0) is 14.8 Å². The number of hydrogen-bond donors (Lipinski definition) is 1. The highest BCUT2D eigenvalue weighted by Gasteiger charge is 2.33. The van der Waals surface area contributed by atoms with Gasteiger partial charge in [-0.3, -0.25) is 14.5 Å². The first-order valence-electron chi connectivity index (χ1n) is 10.3. The molecule has 1 aromatic heterocycles. The first kappa shape index (κ1) is 20.8. The second kappa shape index (κ2) is 8.71. The number of thiophene rings is 1. The smallest absolute Gasteiger partial charge is 0.265 e. The lowest BCUT2D eigenvalue weighted by Crippen LogP contribution is -2.51. The number of rotatable bonds is 6.